The molecule has 0 aliphatic heterocycles. The van der Waals surface area contributed by atoms with Crippen molar-refractivity contribution in [3.8, 4) is 0 Å². The molecule has 0 heterocycles. The number of fused-ring (bicyclic) bond motifs is 1. The molecule has 1 aliphatic carbocycles. The van der Waals surface area contributed by atoms with Gasteiger partial charge in [0.15, 0.2) is 0 Å². The molecule has 20 heavy (non-hydrogen) atoms. The van der Waals surface area contributed by atoms with Gasteiger partial charge in [-0.2, -0.15) is 0 Å². The first-order chi connectivity index (χ1) is 9.42. The molecule has 1 aromatic carbocycles. The van der Waals surface area contributed by atoms with E-state index < -0.39 is 0 Å². The van der Waals surface area contributed by atoms with E-state index in [2.05, 4.69) is 76.3 Å². The Balaban J connectivity index is 2.37. The first kappa shape index (κ1) is 15.5. The summed E-state index contributed by atoms with van der Waals surface area (Å²) < 4.78 is 0. The smallest absolute Gasteiger partial charge is 0.0478 e. The molecule has 0 saturated carbocycles. The van der Waals surface area contributed by atoms with Gasteiger partial charge in [-0.1, -0.05) is 38.1 Å². The summed E-state index contributed by atoms with van der Waals surface area (Å²) in [6, 6.07) is 9.92. The summed E-state index contributed by atoms with van der Waals surface area (Å²) in [6.07, 6.45) is 2.40. The molecule has 3 unspecified atom stereocenters. The van der Waals surface area contributed by atoms with Gasteiger partial charge in [0.1, 0.15) is 0 Å². The van der Waals surface area contributed by atoms with Gasteiger partial charge in [0.05, 0.1) is 0 Å². The molecule has 2 nitrogen and oxygen atoms in total. The van der Waals surface area contributed by atoms with Crippen molar-refractivity contribution < 1.29 is 0 Å². The zero-order valence-corrected chi connectivity index (χ0v) is 13.9. The monoisotopic (exact) mass is 274 g/mol. The predicted octanol–water partition coefficient (Wildman–Crippen LogP) is 3.94. The van der Waals surface area contributed by atoms with E-state index in [0.29, 0.717) is 18.0 Å². The van der Waals surface area contributed by atoms with Crippen molar-refractivity contribution in [2.24, 2.45) is 0 Å². The molecule has 0 saturated heterocycles. The highest BCUT2D eigenvalue weighted by atomic mass is 15.2. The molecule has 0 aromatic heterocycles. The lowest BCUT2D eigenvalue weighted by Gasteiger charge is -2.48. The third-order valence-electron chi connectivity index (χ3n) is 5.47. The van der Waals surface area contributed by atoms with Gasteiger partial charge in [0.25, 0.3) is 0 Å². The van der Waals surface area contributed by atoms with Crippen LogP contribution < -0.4 is 5.32 Å². The fourth-order valence-electron chi connectivity index (χ4n) is 3.50. The van der Waals surface area contributed by atoms with Crippen LogP contribution in [0, 0.1) is 0 Å². The van der Waals surface area contributed by atoms with Crippen LogP contribution in [-0.2, 0) is 0 Å². The minimum atomic E-state index is 0.242. The fraction of sp³-hybridized carbons (Fsp3) is 0.667. The summed E-state index contributed by atoms with van der Waals surface area (Å²) >= 11 is 0. The molecule has 2 rings (SSSR count). The highest BCUT2D eigenvalue weighted by Crippen LogP contribution is 2.41. The zero-order chi connectivity index (χ0) is 14.9. The summed E-state index contributed by atoms with van der Waals surface area (Å²) in [4.78, 5) is 2.58. The van der Waals surface area contributed by atoms with Crippen molar-refractivity contribution in [3.63, 3.8) is 0 Å². The molecule has 2 heteroatoms. The predicted molar refractivity (Wildman–Crippen MR) is 87.2 cm³/mol. The van der Waals surface area contributed by atoms with Crippen LogP contribution in [0.2, 0.25) is 0 Å². The minimum Gasteiger partial charge on any atom is -0.312 e. The Kier molecular flexibility index (Phi) is 4.55. The molecule has 3 atom stereocenters. The molecular weight excluding hydrogens is 244 g/mol. The SMILES string of the molecule is CCC(C)(C)N(C)C1CC(C)c2ccccc2C1NC. The first-order valence-electron chi connectivity index (χ1n) is 7.91. The molecule has 0 radical (unpaired) electrons. The van der Waals surface area contributed by atoms with Crippen molar-refractivity contribution in [2.75, 3.05) is 14.1 Å². The Morgan fingerprint density at radius 3 is 2.40 bits per heavy atom. The minimum absolute atomic E-state index is 0.242. The van der Waals surface area contributed by atoms with Gasteiger partial charge in [0, 0.05) is 17.6 Å². The van der Waals surface area contributed by atoms with E-state index in [1.165, 1.54) is 24.0 Å². The molecule has 0 spiro atoms. The summed E-state index contributed by atoms with van der Waals surface area (Å²) in [5, 5.41) is 3.57. The van der Waals surface area contributed by atoms with Crippen molar-refractivity contribution in [1.82, 2.24) is 10.2 Å². The van der Waals surface area contributed by atoms with E-state index in [1.807, 2.05) is 0 Å². The average Bonchev–Trinajstić information content (AvgIpc) is 2.46. The van der Waals surface area contributed by atoms with E-state index in [9.17, 15) is 0 Å². The maximum atomic E-state index is 3.57. The van der Waals surface area contributed by atoms with Gasteiger partial charge in [-0.25, -0.2) is 0 Å². The summed E-state index contributed by atoms with van der Waals surface area (Å²) in [5.74, 6) is 0.635. The van der Waals surface area contributed by atoms with Crippen LogP contribution in [-0.4, -0.2) is 30.6 Å². The Morgan fingerprint density at radius 2 is 1.85 bits per heavy atom. The van der Waals surface area contributed by atoms with Crippen LogP contribution in [0.1, 0.15) is 63.6 Å². The third kappa shape index (κ3) is 2.64. The lowest BCUT2D eigenvalue weighted by molar-refractivity contribution is 0.0616. The topological polar surface area (TPSA) is 15.3 Å². The molecule has 0 fully saturated rings. The van der Waals surface area contributed by atoms with Gasteiger partial charge in [-0.05, 0) is 57.8 Å². The number of hydrogen-bond donors (Lipinski definition) is 1. The number of rotatable bonds is 4. The second kappa shape index (κ2) is 5.87. The molecular formula is C18H30N2. The summed E-state index contributed by atoms with van der Waals surface area (Å²) in [6.45, 7) is 9.35. The molecule has 0 amide bonds. The number of benzene rings is 1. The quantitative estimate of drug-likeness (QED) is 0.894. The van der Waals surface area contributed by atoms with Crippen LogP contribution in [0.5, 0.6) is 0 Å². The fourth-order valence-corrected chi connectivity index (χ4v) is 3.50. The van der Waals surface area contributed by atoms with E-state index >= 15 is 0 Å². The lowest BCUT2D eigenvalue weighted by atomic mass is 9.76. The van der Waals surface area contributed by atoms with Crippen LogP contribution in [0.4, 0.5) is 0 Å². The molecule has 1 aliphatic rings. The standard InChI is InChI=1S/C18H30N2/c1-7-18(3,4)20(6)16-12-13(2)14-10-8-9-11-15(14)17(16)19-5/h8-11,13,16-17,19H,7,12H2,1-6H3. The van der Waals surface area contributed by atoms with Crippen LogP contribution in [0.15, 0.2) is 24.3 Å². The maximum absolute atomic E-state index is 3.57. The van der Waals surface area contributed by atoms with E-state index in [-0.39, 0.29) is 5.54 Å². The molecule has 112 valence electrons. The summed E-state index contributed by atoms with van der Waals surface area (Å²) in [7, 11) is 4.39. The number of hydrogen-bond acceptors (Lipinski definition) is 2. The zero-order valence-electron chi connectivity index (χ0n) is 13.9. The van der Waals surface area contributed by atoms with E-state index in [1.54, 1.807) is 0 Å². The van der Waals surface area contributed by atoms with Gasteiger partial charge in [-0.15, -0.1) is 0 Å². The van der Waals surface area contributed by atoms with Gasteiger partial charge < -0.3 is 5.32 Å². The maximum Gasteiger partial charge on any atom is 0.0478 e. The number of likely N-dealkylation sites (N-methyl/N-ethyl adjacent to an activating group) is 2. The van der Waals surface area contributed by atoms with Crippen LogP contribution >= 0.6 is 0 Å². The van der Waals surface area contributed by atoms with Crippen molar-refractivity contribution in [2.45, 2.75) is 64.1 Å². The van der Waals surface area contributed by atoms with Crippen LogP contribution in [0.3, 0.4) is 0 Å². The lowest BCUT2D eigenvalue weighted by Crippen LogP contribution is -2.53. The Bertz CT molecular complexity index is 452. The Morgan fingerprint density at radius 1 is 1.25 bits per heavy atom. The Labute approximate surface area is 124 Å². The van der Waals surface area contributed by atoms with E-state index in [0.717, 1.165) is 0 Å². The Hall–Kier alpha value is -0.860. The average molecular weight is 274 g/mol. The normalized spacial score (nSPS) is 26.6. The van der Waals surface area contributed by atoms with Gasteiger partial charge in [-0.3, -0.25) is 4.90 Å². The van der Waals surface area contributed by atoms with Crippen LogP contribution in [0.25, 0.3) is 0 Å². The van der Waals surface area contributed by atoms with E-state index in [4.69, 9.17) is 0 Å². The van der Waals surface area contributed by atoms with Crippen molar-refractivity contribution in [1.29, 1.82) is 0 Å². The van der Waals surface area contributed by atoms with Gasteiger partial charge >= 0.3 is 0 Å². The second-order valence-electron chi connectivity index (χ2n) is 6.88. The van der Waals surface area contributed by atoms with Crippen molar-refractivity contribution in [3.05, 3.63) is 35.4 Å². The largest absolute Gasteiger partial charge is 0.312 e. The molecule has 0 bridgehead atoms. The number of nitrogens with one attached hydrogen (secondary N) is 1. The molecule has 1 N–H and O–H groups in total. The van der Waals surface area contributed by atoms with Gasteiger partial charge in [0.2, 0.25) is 0 Å². The van der Waals surface area contributed by atoms with Crippen molar-refractivity contribution >= 4 is 0 Å². The molecule has 1 aromatic rings. The first-order valence-corrected chi connectivity index (χ1v) is 7.91. The number of nitrogens with zero attached hydrogens (tertiary/aromatic N) is 1. The highest BCUT2D eigenvalue weighted by Gasteiger charge is 2.38. The highest BCUT2D eigenvalue weighted by molar-refractivity contribution is 5.36. The second-order valence-corrected chi connectivity index (χ2v) is 6.88. The third-order valence-corrected chi connectivity index (χ3v) is 5.47. The summed E-state index contributed by atoms with van der Waals surface area (Å²) in [5.41, 5.74) is 3.24.